The molecule has 1 fully saturated rings. The second-order valence-electron chi connectivity index (χ2n) is 6.64. The maximum Gasteiger partial charge on any atom is 0.169 e. The summed E-state index contributed by atoms with van der Waals surface area (Å²) >= 11 is 5.56. The van der Waals surface area contributed by atoms with Crippen LogP contribution in [0.1, 0.15) is 16.8 Å². The molecule has 0 unspecified atom stereocenters. The largest absolute Gasteiger partial charge is 0.362 e. The second kappa shape index (κ2) is 8.45. The average Bonchev–Trinajstić information content (AvgIpc) is 2.93. The predicted molar refractivity (Wildman–Crippen MR) is 106 cm³/mol. The smallest absolute Gasteiger partial charge is 0.169 e. The molecule has 0 saturated carbocycles. The van der Waals surface area contributed by atoms with E-state index in [2.05, 4.69) is 57.6 Å². The molecule has 1 aliphatic heterocycles. The van der Waals surface area contributed by atoms with Gasteiger partial charge in [0.1, 0.15) is 0 Å². The summed E-state index contributed by atoms with van der Waals surface area (Å²) in [5.41, 5.74) is 3.79. The lowest BCUT2D eigenvalue weighted by molar-refractivity contribution is 0.174. The van der Waals surface area contributed by atoms with Gasteiger partial charge < -0.3 is 10.2 Å². The molecule has 134 valence electrons. The lowest BCUT2D eigenvalue weighted by Crippen LogP contribution is -2.51. The number of aryl methyl sites for hydroxylation is 2. The van der Waals surface area contributed by atoms with Gasteiger partial charge in [-0.05, 0) is 31.1 Å². The van der Waals surface area contributed by atoms with Crippen molar-refractivity contribution in [3.8, 4) is 0 Å². The van der Waals surface area contributed by atoms with E-state index in [1.165, 1.54) is 11.1 Å². The molecule has 2 aromatic rings. The first-order valence-electron chi connectivity index (χ1n) is 8.90. The molecule has 0 spiro atoms. The highest BCUT2D eigenvalue weighted by Gasteiger charge is 2.19. The van der Waals surface area contributed by atoms with E-state index in [0.29, 0.717) is 0 Å². The van der Waals surface area contributed by atoms with Gasteiger partial charge in [-0.2, -0.15) is 5.10 Å². The van der Waals surface area contributed by atoms with E-state index in [9.17, 15) is 0 Å². The minimum absolute atomic E-state index is 0.883. The molecule has 1 aromatic carbocycles. The van der Waals surface area contributed by atoms with Crippen LogP contribution >= 0.6 is 12.2 Å². The SMILES string of the molecule is Cc1nn(C)cc1CN1CCN(C(=S)NCCc2ccccc2)CC1. The van der Waals surface area contributed by atoms with Crippen LogP contribution in [0.5, 0.6) is 0 Å². The Bertz CT molecular complexity index is 689. The third-order valence-corrected chi connectivity index (χ3v) is 5.10. The van der Waals surface area contributed by atoms with E-state index >= 15 is 0 Å². The molecule has 0 amide bonds. The molecular weight excluding hydrogens is 330 g/mol. The summed E-state index contributed by atoms with van der Waals surface area (Å²) in [5.74, 6) is 0. The van der Waals surface area contributed by atoms with E-state index in [4.69, 9.17) is 12.2 Å². The number of nitrogens with zero attached hydrogens (tertiary/aromatic N) is 4. The molecule has 6 heteroatoms. The lowest BCUT2D eigenvalue weighted by atomic mass is 10.1. The number of hydrogen-bond donors (Lipinski definition) is 1. The number of thiocarbonyl (C=S) groups is 1. The van der Waals surface area contributed by atoms with Gasteiger partial charge >= 0.3 is 0 Å². The van der Waals surface area contributed by atoms with Crippen molar-refractivity contribution in [1.82, 2.24) is 24.9 Å². The van der Waals surface area contributed by atoms with Crippen LogP contribution in [0, 0.1) is 6.92 Å². The lowest BCUT2D eigenvalue weighted by Gasteiger charge is -2.36. The van der Waals surface area contributed by atoms with E-state index in [0.717, 1.165) is 56.5 Å². The van der Waals surface area contributed by atoms with Crippen LogP contribution in [0.15, 0.2) is 36.5 Å². The van der Waals surface area contributed by atoms with Crippen LogP contribution in [0.4, 0.5) is 0 Å². The Kier molecular flexibility index (Phi) is 6.04. The number of rotatable bonds is 5. The Morgan fingerprint density at radius 2 is 1.88 bits per heavy atom. The van der Waals surface area contributed by atoms with Gasteiger partial charge in [0.25, 0.3) is 0 Å². The van der Waals surface area contributed by atoms with Crippen LogP contribution in [0.2, 0.25) is 0 Å². The highest BCUT2D eigenvalue weighted by atomic mass is 32.1. The van der Waals surface area contributed by atoms with Crippen LogP contribution in [-0.4, -0.2) is 57.4 Å². The highest BCUT2D eigenvalue weighted by Crippen LogP contribution is 2.11. The molecule has 1 aliphatic rings. The van der Waals surface area contributed by atoms with Crippen molar-refractivity contribution in [2.75, 3.05) is 32.7 Å². The van der Waals surface area contributed by atoms with Gasteiger partial charge in [-0.15, -0.1) is 0 Å². The molecule has 0 atom stereocenters. The first-order valence-corrected chi connectivity index (χ1v) is 9.31. The van der Waals surface area contributed by atoms with Gasteiger partial charge in [0.15, 0.2) is 5.11 Å². The van der Waals surface area contributed by atoms with Crippen LogP contribution < -0.4 is 5.32 Å². The molecule has 2 heterocycles. The third-order valence-electron chi connectivity index (χ3n) is 4.70. The summed E-state index contributed by atoms with van der Waals surface area (Å²) < 4.78 is 1.90. The van der Waals surface area contributed by atoms with Crippen LogP contribution in [0.25, 0.3) is 0 Å². The minimum Gasteiger partial charge on any atom is -0.362 e. The number of piperazine rings is 1. The van der Waals surface area contributed by atoms with E-state index < -0.39 is 0 Å². The van der Waals surface area contributed by atoms with Crippen molar-refractivity contribution in [3.05, 3.63) is 53.3 Å². The maximum absolute atomic E-state index is 5.56. The summed E-state index contributed by atoms with van der Waals surface area (Å²) in [4.78, 5) is 4.76. The van der Waals surface area contributed by atoms with Crippen LogP contribution in [-0.2, 0) is 20.0 Å². The van der Waals surface area contributed by atoms with Gasteiger partial charge in [0.2, 0.25) is 0 Å². The summed E-state index contributed by atoms with van der Waals surface area (Å²) in [6.45, 7) is 7.98. The molecule has 5 nitrogen and oxygen atoms in total. The van der Waals surface area contributed by atoms with Gasteiger partial charge in [-0.3, -0.25) is 9.58 Å². The fourth-order valence-corrected chi connectivity index (χ4v) is 3.51. The topological polar surface area (TPSA) is 36.3 Å². The molecular formula is C19H27N5S. The van der Waals surface area contributed by atoms with E-state index in [1.54, 1.807) is 0 Å². The van der Waals surface area contributed by atoms with Crippen molar-refractivity contribution in [2.24, 2.45) is 7.05 Å². The maximum atomic E-state index is 5.56. The summed E-state index contributed by atoms with van der Waals surface area (Å²) in [6, 6.07) is 10.5. The second-order valence-corrected chi connectivity index (χ2v) is 7.03. The molecule has 1 aromatic heterocycles. The number of aromatic nitrogens is 2. The first kappa shape index (κ1) is 17.9. The summed E-state index contributed by atoms with van der Waals surface area (Å²) in [5, 5.41) is 8.71. The van der Waals surface area contributed by atoms with E-state index in [1.807, 2.05) is 17.8 Å². The average molecular weight is 358 g/mol. The van der Waals surface area contributed by atoms with Gasteiger partial charge in [0.05, 0.1) is 5.69 Å². The number of hydrogen-bond acceptors (Lipinski definition) is 3. The normalized spacial score (nSPS) is 15.4. The number of nitrogens with one attached hydrogen (secondary N) is 1. The van der Waals surface area contributed by atoms with Crippen LogP contribution in [0.3, 0.4) is 0 Å². The zero-order chi connectivity index (χ0) is 17.6. The van der Waals surface area contributed by atoms with Crippen molar-refractivity contribution in [2.45, 2.75) is 19.9 Å². The predicted octanol–water partition coefficient (Wildman–Crippen LogP) is 1.96. The number of benzene rings is 1. The minimum atomic E-state index is 0.883. The fourth-order valence-electron chi connectivity index (χ4n) is 3.22. The molecule has 1 N–H and O–H groups in total. The monoisotopic (exact) mass is 357 g/mol. The zero-order valence-electron chi connectivity index (χ0n) is 15.1. The molecule has 0 aliphatic carbocycles. The first-order chi connectivity index (χ1) is 12.1. The molecule has 1 saturated heterocycles. The van der Waals surface area contributed by atoms with Gasteiger partial charge in [-0.1, -0.05) is 30.3 Å². The van der Waals surface area contributed by atoms with Crippen molar-refractivity contribution < 1.29 is 0 Å². The van der Waals surface area contributed by atoms with E-state index in [-0.39, 0.29) is 0 Å². The molecule has 25 heavy (non-hydrogen) atoms. The van der Waals surface area contributed by atoms with Gasteiger partial charge in [-0.25, -0.2) is 0 Å². The van der Waals surface area contributed by atoms with Crippen molar-refractivity contribution in [1.29, 1.82) is 0 Å². The highest BCUT2D eigenvalue weighted by molar-refractivity contribution is 7.80. The Labute approximate surface area is 155 Å². The Morgan fingerprint density at radius 1 is 1.16 bits per heavy atom. The Morgan fingerprint density at radius 3 is 2.52 bits per heavy atom. The van der Waals surface area contributed by atoms with Crippen molar-refractivity contribution in [3.63, 3.8) is 0 Å². The zero-order valence-corrected chi connectivity index (χ0v) is 15.9. The molecule has 0 bridgehead atoms. The Hall–Kier alpha value is -1.92. The summed E-state index contributed by atoms with van der Waals surface area (Å²) in [7, 11) is 1.98. The summed E-state index contributed by atoms with van der Waals surface area (Å²) in [6.07, 6.45) is 3.12. The van der Waals surface area contributed by atoms with Gasteiger partial charge in [0, 0.05) is 58.1 Å². The fraction of sp³-hybridized carbons (Fsp3) is 0.474. The Balaban J connectivity index is 1.39. The third kappa shape index (κ3) is 5.03. The quantitative estimate of drug-likeness (QED) is 0.828. The van der Waals surface area contributed by atoms with Crippen molar-refractivity contribution >= 4 is 17.3 Å². The molecule has 3 rings (SSSR count). The molecule has 0 radical (unpaired) electrons. The standard InChI is InChI=1S/C19H27N5S/c1-16-18(14-22(2)21-16)15-23-10-12-24(13-11-23)19(25)20-9-8-17-6-4-3-5-7-17/h3-7,14H,8-13,15H2,1-2H3,(H,20,25).